The van der Waals surface area contributed by atoms with Crippen molar-refractivity contribution in [3.8, 4) is 11.5 Å². The second kappa shape index (κ2) is 6.20. The molecule has 0 saturated heterocycles. The number of aromatic nitrogens is 2. The van der Waals surface area contributed by atoms with Crippen LogP contribution in [0.1, 0.15) is 22.7 Å². The van der Waals surface area contributed by atoms with Gasteiger partial charge in [-0.05, 0) is 32.0 Å². The Kier molecular flexibility index (Phi) is 4.23. The standard InChI is InChI=1S/C16H15FN2O4S/c1-10-15(11(2)23-19-10)9-24(20,21)8-14-7-22-16(18-14)12-4-3-5-13(17)6-12/h3-7H,8-9H2,1-2H3. The molecule has 0 radical (unpaired) electrons. The van der Waals surface area contributed by atoms with Crippen LogP contribution in [-0.4, -0.2) is 18.6 Å². The molecule has 2 aromatic heterocycles. The van der Waals surface area contributed by atoms with Crippen molar-refractivity contribution in [1.29, 1.82) is 0 Å². The minimum absolute atomic E-state index is 0.178. The summed E-state index contributed by atoms with van der Waals surface area (Å²) < 4.78 is 48.2. The Hall–Kier alpha value is -2.48. The Bertz CT molecular complexity index is 956. The van der Waals surface area contributed by atoms with Gasteiger partial charge in [0.05, 0.1) is 22.9 Å². The SMILES string of the molecule is Cc1noc(C)c1CS(=O)(=O)Cc1coc(-c2cccc(F)c2)n1. The smallest absolute Gasteiger partial charge is 0.226 e. The van der Waals surface area contributed by atoms with Gasteiger partial charge in [-0.2, -0.15) is 0 Å². The van der Waals surface area contributed by atoms with Gasteiger partial charge in [-0.3, -0.25) is 0 Å². The number of halogens is 1. The second-order valence-electron chi connectivity index (χ2n) is 5.49. The molecule has 0 aliphatic rings. The van der Waals surface area contributed by atoms with Gasteiger partial charge in [-0.15, -0.1) is 0 Å². The number of hydrogen-bond acceptors (Lipinski definition) is 6. The van der Waals surface area contributed by atoms with E-state index in [1.165, 1.54) is 24.5 Å². The van der Waals surface area contributed by atoms with Crippen LogP contribution in [0.4, 0.5) is 4.39 Å². The van der Waals surface area contributed by atoms with Crippen molar-refractivity contribution >= 4 is 9.84 Å². The average molecular weight is 350 g/mol. The molecule has 0 aliphatic heterocycles. The molecule has 0 N–H and O–H groups in total. The highest BCUT2D eigenvalue weighted by atomic mass is 32.2. The largest absolute Gasteiger partial charge is 0.444 e. The highest BCUT2D eigenvalue weighted by Gasteiger charge is 2.21. The summed E-state index contributed by atoms with van der Waals surface area (Å²) in [5, 5.41) is 3.75. The normalized spacial score (nSPS) is 11.8. The van der Waals surface area contributed by atoms with E-state index in [1.807, 2.05) is 0 Å². The molecule has 3 aromatic rings. The van der Waals surface area contributed by atoms with E-state index in [1.54, 1.807) is 19.9 Å². The Morgan fingerprint density at radius 2 is 2.00 bits per heavy atom. The van der Waals surface area contributed by atoms with E-state index in [0.29, 0.717) is 22.6 Å². The lowest BCUT2D eigenvalue weighted by molar-refractivity contribution is 0.392. The van der Waals surface area contributed by atoms with E-state index in [0.717, 1.165) is 0 Å². The van der Waals surface area contributed by atoms with Crippen LogP contribution in [0.3, 0.4) is 0 Å². The van der Waals surface area contributed by atoms with Crippen LogP contribution < -0.4 is 0 Å². The summed E-state index contributed by atoms with van der Waals surface area (Å²) in [7, 11) is -3.48. The molecule has 0 aliphatic carbocycles. The first kappa shape index (κ1) is 16.4. The molecule has 0 spiro atoms. The minimum atomic E-state index is -3.48. The van der Waals surface area contributed by atoms with E-state index < -0.39 is 15.7 Å². The maximum Gasteiger partial charge on any atom is 0.226 e. The monoisotopic (exact) mass is 350 g/mol. The first-order valence-electron chi connectivity index (χ1n) is 7.16. The summed E-state index contributed by atoms with van der Waals surface area (Å²) in [6.07, 6.45) is 1.27. The number of benzene rings is 1. The summed E-state index contributed by atoms with van der Waals surface area (Å²) in [5.74, 6) is -0.223. The van der Waals surface area contributed by atoms with Crippen LogP contribution in [0.2, 0.25) is 0 Å². The molecule has 0 amide bonds. The molecule has 3 rings (SSSR count). The lowest BCUT2D eigenvalue weighted by Crippen LogP contribution is -2.09. The molecule has 6 nitrogen and oxygen atoms in total. The first-order chi connectivity index (χ1) is 11.3. The minimum Gasteiger partial charge on any atom is -0.444 e. The lowest BCUT2D eigenvalue weighted by atomic mass is 10.2. The summed E-state index contributed by atoms with van der Waals surface area (Å²) in [4.78, 5) is 4.13. The Morgan fingerprint density at radius 1 is 1.21 bits per heavy atom. The lowest BCUT2D eigenvalue weighted by Gasteiger charge is -2.01. The molecule has 1 aromatic carbocycles. The van der Waals surface area contributed by atoms with Crippen LogP contribution in [0.5, 0.6) is 0 Å². The van der Waals surface area contributed by atoms with Gasteiger partial charge in [0.15, 0.2) is 9.84 Å². The fraction of sp³-hybridized carbons (Fsp3) is 0.250. The fourth-order valence-electron chi connectivity index (χ4n) is 2.33. The molecular weight excluding hydrogens is 335 g/mol. The van der Waals surface area contributed by atoms with Crippen LogP contribution in [0.15, 0.2) is 39.5 Å². The predicted octanol–water partition coefficient (Wildman–Crippen LogP) is 3.20. The zero-order valence-corrected chi connectivity index (χ0v) is 13.9. The Morgan fingerprint density at radius 3 is 2.67 bits per heavy atom. The van der Waals surface area contributed by atoms with Crippen molar-refractivity contribution in [2.45, 2.75) is 25.4 Å². The predicted molar refractivity (Wildman–Crippen MR) is 84.2 cm³/mol. The van der Waals surface area contributed by atoms with Gasteiger partial charge in [0, 0.05) is 11.1 Å². The molecule has 0 unspecified atom stereocenters. The number of rotatable bonds is 5. The molecule has 0 saturated carbocycles. The topological polar surface area (TPSA) is 86.2 Å². The van der Waals surface area contributed by atoms with Crippen LogP contribution >= 0.6 is 0 Å². The third kappa shape index (κ3) is 3.53. The van der Waals surface area contributed by atoms with Crippen molar-refractivity contribution in [1.82, 2.24) is 10.1 Å². The van der Waals surface area contributed by atoms with E-state index in [4.69, 9.17) is 8.94 Å². The maximum absolute atomic E-state index is 13.2. The summed E-state index contributed by atoms with van der Waals surface area (Å²) in [6, 6.07) is 5.75. The third-order valence-corrected chi connectivity index (χ3v) is 5.00. The molecule has 8 heteroatoms. The third-order valence-electron chi connectivity index (χ3n) is 3.54. The quantitative estimate of drug-likeness (QED) is 0.702. The van der Waals surface area contributed by atoms with Crippen molar-refractivity contribution in [3.05, 3.63) is 59.1 Å². The summed E-state index contributed by atoms with van der Waals surface area (Å²) in [6.45, 7) is 3.36. The molecule has 0 bridgehead atoms. The molecule has 0 fully saturated rings. The number of nitrogens with zero attached hydrogens (tertiary/aromatic N) is 2. The van der Waals surface area contributed by atoms with E-state index in [-0.39, 0.29) is 23.1 Å². The highest BCUT2D eigenvalue weighted by Crippen LogP contribution is 2.22. The van der Waals surface area contributed by atoms with Gasteiger partial charge in [-0.1, -0.05) is 11.2 Å². The number of hydrogen-bond donors (Lipinski definition) is 0. The highest BCUT2D eigenvalue weighted by molar-refractivity contribution is 7.89. The average Bonchev–Trinajstić information content (AvgIpc) is 3.08. The van der Waals surface area contributed by atoms with Crippen LogP contribution in [0, 0.1) is 19.7 Å². The summed E-state index contributed by atoms with van der Waals surface area (Å²) in [5.41, 5.74) is 1.82. The molecule has 126 valence electrons. The van der Waals surface area contributed by atoms with Crippen molar-refractivity contribution in [3.63, 3.8) is 0 Å². The van der Waals surface area contributed by atoms with E-state index in [9.17, 15) is 12.8 Å². The summed E-state index contributed by atoms with van der Waals surface area (Å²) >= 11 is 0. The van der Waals surface area contributed by atoms with Gasteiger partial charge in [0.25, 0.3) is 0 Å². The second-order valence-corrected chi connectivity index (χ2v) is 7.55. The van der Waals surface area contributed by atoms with E-state index >= 15 is 0 Å². The zero-order valence-electron chi connectivity index (χ0n) is 13.1. The number of aryl methyl sites for hydroxylation is 2. The van der Waals surface area contributed by atoms with Gasteiger partial charge in [0.2, 0.25) is 5.89 Å². The van der Waals surface area contributed by atoms with Crippen molar-refractivity contribution in [2.24, 2.45) is 0 Å². The maximum atomic E-state index is 13.2. The molecule has 2 heterocycles. The van der Waals surface area contributed by atoms with Gasteiger partial charge >= 0.3 is 0 Å². The zero-order chi connectivity index (χ0) is 17.3. The van der Waals surface area contributed by atoms with Crippen LogP contribution in [-0.2, 0) is 21.3 Å². The Labute approximate surface area is 138 Å². The number of sulfone groups is 1. The number of oxazole rings is 1. The van der Waals surface area contributed by atoms with Gasteiger partial charge in [0.1, 0.15) is 17.8 Å². The van der Waals surface area contributed by atoms with Crippen molar-refractivity contribution < 1.29 is 21.7 Å². The van der Waals surface area contributed by atoms with Crippen molar-refractivity contribution in [2.75, 3.05) is 0 Å². The Balaban J connectivity index is 1.79. The van der Waals surface area contributed by atoms with Crippen LogP contribution in [0.25, 0.3) is 11.5 Å². The fourth-order valence-corrected chi connectivity index (χ4v) is 3.87. The van der Waals surface area contributed by atoms with Gasteiger partial charge in [-0.25, -0.2) is 17.8 Å². The van der Waals surface area contributed by atoms with Gasteiger partial charge < -0.3 is 8.94 Å². The first-order valence-corrected chi connectivity index (χ1v) is 8.99. The molecule has 0 atom stereocenters. The molecular formula is C16H15FN2O4S. The van der Waals surface area contributed by atoms with E-state index in [2.05, 4.69) is 10.1 Å². The molecule has 24 heavy (non-hydrogen) atoms.